The molecule has 1 saturated heterocycles. The van der Waals surface area contributed by atoms with Gasteiger partial charge in [-0.25, -0.2) is 0 Å². The number of nitrogens with two attached hydrogens (primary N) is 1. The van der Waals surface area contributed by atoms with E-state index in [4.69, 9.17) is 5.73 Å². The summed E-state index contributed by atoms with van der Waals surface area (Å²) in [6.45, 7) is 3.13. The lowest BCUT2D eigenvalue weighted by molar-refractivity contribution is 0.313. The predicted molar refractivity (Wildman–Crippen MR) is 60.7 cm³/mol. The minimum absolute atomic E-state index is 0.0794. The van der Waals surface area contributed by atoms with Crippen molar-refractivity contribution in [2.45, 2.75) is 18.9 Å². The normalized spacial score (nSPS) is 19.3. The summed E-state index contributed by atoms with van der Waals surface area (Å²) >= 11 is 0. The van der Waals surface area contributed by atoms with E-state index in [1.165, 1.54) is 12.8 Å². The Morgan fingerprint density at radius 1 is 1.27 bits per heavy atom. The number of rotatable bonds is 3. The molecule has 0 aromatic heterocycles. The number of hydrogen-bond donors (Lipinski definition) is 2. The van der Waals surface area contributed by atoms with Crippen molar-refractivity contribution in [2.75, 3.05) is 19.6 Å². The van der Waals surface area contributed by atoms with Crippen molar-refractivity contribution in [3.8, 4) is 5.75 Å². The summed E-state index contributed by atoms with van der Waals surface area (Å²) in [5, 5.41) is 9.66. The van der Waals surface area contributed by atoms with Crippen LogP contribution in [0.3, 0.4) is 0 Å². The Morgan fingerprint density at radius 3 is 2.60 bits per heavy atom. The van der Waals surface area contributed by atoms with Crippen molar-refractivity contribution in [1.82, 2.24) is 4.90 Å². The number of phenols is 1. The monoisotopic (exact) mass is 206 g/mol. The number of phenolic OH excluding ortho intramolecular Hbond substituents is 1. The molecule has 3 nitrogen and oxygen atoms in total. The first-order chi connectivity index (χ1) is 7.27. The van der Waals surface area contributed by atoms with Gasteiger partial charge in [0.15, 0.2) is 0 Å². The second kappa shape index (κ2) is 4.64. The lowest BCUT2D eigenvalue weighted by Crippen LogP contribution is -2.29. The van der Waals surface area contributed by atoms with Crippen molar-refractivity contribution >= 4 is 0 Å². The second-order valence-corrected chi connectivity index (χ2v) is 4.17. The largest absolute Gasteiger partial charge is 0.508 e. The molecule has 3 heteroatoms. The van der Waals surface area contributed by atoms with Crippen LogP contribution in [0.5, 0.6) is 5.75 Å². The summed E-state index contributed by atoms with van der Waals surface area (Å²) in [6, 6.07) is 7.25. The Labute approximate surface area is 90.5 Å². The van der Waals surface area contributed by atoms with E-state index in [0.29, 0.717) is 5.75 Å². The van der Waals surface area contributed by atoms with Gasteiger partial charge in [-0.05, 0) is 32.0 Å². The molecule has 1 aliphatic heterocycles. The molecule has 82 valence electrons. The SMILES string of the molecule is NC(CN1CCCC1)c1ccccc1O. The standard InChI is InChI=1S/C12H18N2O/c13-11(9-14-7-3-4-8-14)10-5-1-2-6-12(10)15/h1-2,5-6,11,15H,3-4,7-9,13H2. The summed E-state index contributed by atoms with van der Waals surface area (Å²) < 4.78 is 0. The molecule has 1 fully saturated rings. The minimum atomic E-state index is -0.0794. The molecule has 3 N–H and O–H groups in total. The Morgan fingerprint density at radius 2 is 1.93 bits per heavy atom. The Bertz CT molecular complexity index is 321. The quantitative estimate of drug-likeness (QED) is 0.787. The Balaban J connectivity index is 2.00. The molecular formula is C12H18N2O. The van der Waals surface area contributed by atoms with Gasteiger partial charge in [0.2, 0.25) is 0 Å². The zero-order valence-electron chi connectivity index (χ0n) is 8.89. The second-order valence-electron chi connectivity index (χ2n) is 4.17. The molecule has 1 aromatic carbocycles. The summed E-state index contributed by atoms with van der Waals surface area (Å²) in [7, 11) is 0. The van der Waals surface area contributed by atoms with Crippen LogP contribution in [0.1, 0.15) is 24.4 Å². The minimum Gasteiger partial charge on any atom is -0.508 e. The summed E-state index contributed by atoms with van der Waals surface area (Å²) in [4.78, 5) is 2.36. The number of aromatic hydroxyl groups is 1. The highest BCUT2D eigenvalue weighted by atomic mass is 16.3. The molecule has 15 heavy (non-hydrogen) atoms. The van der Waals surface area contributed by atoms with Gasteiger partial charge in [-0.1, -0.05) is 18.2 Å². The van der Waals surface area contributed by atoms with Crippen LogP contribution in [0.2, 0.25) is 0 Å². The van der Waals surface area contributed by atoms with E-state index in [1.807, 2.05) is 18.2 Å². The fourth-order valence-electron chi connectivity index (χ4n) is 2.14. The van der Waals surface area contributed by atoms with Gasteiger partial charge >= 0.3 is 0 Å². The maximum Gasteiger partial charge on any atom is 0.120 e. The van der Waals surface area contributed by atoms with E-state index in [2.05, 4.69) is 4.90 Å². The topological polar surface area (TPSA) is 49.5 Å². The lowest BCUT2D eigenvalue weighted by Gasteiger charge is -2.20. The maximum absolute atomic E-state index is 9.66. The number of likely N-dealkylation sites (tertiary alicyclic amines) is 1. The smallest absolute Gasteiger partial charge is 0.120 e. The van der Waals surface area contributed by atoms with Crippen molar-refractivity contribution in [3.05, 3.63) is 29.8 Å². The summed E-state index contributed by atoms with van der Waals surface area (Å²) in [6.07, 6.45) is 2.54. The molecule has 1 atom stereocenters. The Kier molecular flexibility index (Phi) is 3.23. The van der Waals surface area contributed by atoms with Gasteiger partial charge in [0, 0.05) is 18.2 Å². The van der Waals surface area contributed by atoms with Gasteiger partial charge in [0.25, 0.3) is 0 Å². The zero-order chi connectivity index (χ0) is 10.7. The van der Waals surface area contributed by atoms with Crippen LogP contribution in [-0.2, 0) is 0 Å². The van der Waals surface area contributed by atoms with Crippen molar-refractivity contribution < 1.29 is 5.11 Å². The first-order valence-corrected chi connectivity index (χ1v) is 5.53. The van der Waals surface area contributed by atoms with Gasteiger partial charge in [-0.2, -0.15) is 0 Å². The molecule has 2 rings (SSSR count). The molecule has 0 amide bonds. The summed E-state index contributed by atoms with van der Waals surface area (Å²) in [5.74, 6) is 0.309. The summed E-state index contributed by atoms with van der Waals surface area (Å²) in [5.41, 5.74) is 6.93. The number of nitrogens with zero attached hydrogens (tertiary/aromatic N) is 1. The highest BCUT2D eigenvalue weighted by Gasteiger charge is 2.17. The van der Waals surface area contributed by atoms with Crippen LogP contribution in [0.4, 0.5) is 0 Å². The average Bonchev–Trinajstić information content (AvgIpc) is 2.71. The van der Waals surface area contributed by atoms with Gasteiger partial charge in [-0.3, -0.25) is 0 Å². The zero-order valence-corrected chi connectivity index (χ0v) is 8.89. The highest BCUT2D eigenvalue weighted by Crippen LogP contribution is 2.23. The molecule has 0 aliphatic carbocycles. The predicted octanol–water partition coefficient (Wildman–Crippen LogP) is 1.49. The van der Waals surface area contributed by atoms with Crippen LogP contribution >= 0.6 is 0 Å². The van der Waals surface area contributed by atoms with Gasteiger partial charge < -0.3 is 15.7 Å². The third-order valence-electron chi connectivity index (χ3n) is 2.99. The molecule has 0 bridgehead atoms. The average molecular weight is 206 g/mol. The van der Waals surface area contributed by atoms with Gasteiger partial charge in [0.1, 0.15) is 5.75 Å². The van der Waals surface area contributed by atoms with Crippen molar-refractivity contribution in [1.29, 1.82) is 0 Å². The van der Waals surface area contributed by atoms with E-state index >= 15 is 0 Å². The number of hydrogen-bond acceptors (Lipinski definition) is 3. The van der Waals surface area contributed by atoms with E-state index in [9.17, 15) is 5.11 Å². The Hall–Kier alpha value is -1.06. The fraction of sp³-hybridized carbons (Fsp3) is 0.500. The van der Waals surface area contributed by atoms with E-state index in [0.717, 1.165) is 25.2 Å². The highest BCUT2D eigenvalue weighted by molar-refractivity contribution is 5.34. The molecule has 1 unspecified atom stereocenters. The lowest BCUT2D eigenvalue weighted by atomic mass is 10.1. The van der Waals surface area contributed by atoms with Crippen LogP contribution in [0.25, 0.3) is 0 Å². The van der Waals surface area contributed by atoms with Crippen LogP contribution in [-0.4, -0.2) is 29.6 Å². The third kappa shape index (κ3) is 2.49. The maximum atomic E-state index is 9.66. The molecule has 1 heterocycles. The van der Waals surface area contributed by atoms with Crippen LogP contribution < -0.4 is 5.73 Å². The third-order valence-corrected chi connectivity index (χ3v) is 2.99. The van der Waals surface area contributed by atoms with Gasteiger partial charge in [0.05, 0.1) is 0 Å². The molecule has 0 saturated carbocycles. The van der Waals surface area contributed by atoms with Crippen molar-refractivity contribution in [3.63, 3.8) is 0 Å². The number of benzene rings is 1. The van der Waals surface area contributed by atoms with E-state index in [1.54, 1.807) is 6.07 Å². The fourth-order valence-corrected chi connectivity index (χ4v) is 2.14. The first-order valence-electron chi connectivity index (χ1n) is 5.53. The van der Waals surface area contributed by atoms with Gasteiger partial charge in [-0.15, -0.1) is 0 Å². The van der Waals surface area contributed by atoms with Crippen molar-refractivity contribution in [2.24, 2.45) is 5.73 Å². The molecule has 1 aliphatic rings. The van der Waals surface area contributed by atoms with Crippen LogP contribution in [0, 0.1) is 0 Å². The first kappa shape index (κ1) is 10.5. The molecule has 0 spiro atoms. The van der Waals surface area contributed by atoms with E-state index < -0.39 is 0 Å². The molecule has 0 radical (unpaired) electrons. The van der Waals surface area contributed by atoms with Crippen LogP contribution in [0.15, 0.2) is 24.3 Å². The number of para-hydroxylation sites is 1. The molecular weight excluding hydrogens is 188 g/mol. The van der Waals surface area contributed by atoms with E-state index in [-0.39, 0.29) is 6.04 Å². The molecule has 1 aromatic rings.